The quantitative estimate of drug-likeness (QED) is 0.863. The van der Waals surface area contributed by atoms with Crippen molar-refractivity contribution in [3.63, 3.8) is 0 Å². The molecule has 6 nitrogen and oxygen atoms in total. The van der Waals surface area contributed by atoms with Gasteiger partial charge in [0.15, 0.2) is 15.1 Å². The van der Waals surface area contributed by atoms with Gasteiger partial charge in [-0.05, 0) is 19.1 Å². The number of nitrogens with zero attached hydrogens (tertiary/aromatic N) is 1. The molecule has 0 fully saturated rings. The van der Waals surface area contributed by atoms with Crippen molar-refractivity contribution in [3.05, 3.63) is 18.2 Å². The van der Waals surface area contributed by atoms with Gasteiger partial charge in [0.1, 0.15) is 5.75 Å². The lowest BCUT2D eigenvalue weighted by molar-refractivity contribution is -0.136. The molecule has 2 atom stereocenters. The van der Waals surface area contributed by atoms with E-state index in [1.807, 2.05) is 0 Å². The zero-order valence-corrected chi connectivity index (χ0v) is 11.6. The minimum Gasteiger partial charge on any atom is -0.497 e. The zero-order valence-electron chi connectivity index (χ0n) is 10.8. The summed E-state index contributed by atoms with van der Waals surface area (Å²) in [6, 6.07) is 3.85. The average Bonchev–Trinajstić information content (AvgIpc) is 2.35. The molecule has 0 aliphatic carbocycles. The second-order valence-electron chi connectivity index (χ2n) is 4.49. The van der Waals surface area contributed by atoms with Gasteiger partial charge < -0.3 is 14.7 Å². The number of hydrogen-bond acceptors (Lipinski definition) is 5. The summed E-state index contributed by atoms with van der Waals surface area (Å²) < 4.78 is 29.8. The molecule has 1 N–H and O–H groups in total. The van der Waals surface area contributed by atoms with Crippen LogP contribution < -0.4 is 9.64 Å². The van der Waals surface area contributed by atoms with E-state index in [2.05, 4.69) is 0 Å². The third-order valence-corrected chi connectivity index (χ3v) is 5.70. The molecular weight excluding hydrogens is 270 g/mol. The largest absolute Gasteiger partial charge is 0.497 e. The summed E-state index contributed by atoms with van der Waals surface area (Å²) in [5.74, 6) is -0.803. The fraction of sp³-hybridized carbons (Fsp3) is 0.417. The van der Waals surface area contributed by atoms with E-state index in [0.29, 0.717) is 11.4 Å². The Kier molecular flexibility index (Phi) is 3.17. The van der Waals surface area contributed by atoms with Crippen LogP contribution in [0.5, 0.6) is 5.75 Å². The molecule has 1 heterocycles. The van der Waals surface area contributed by atoms with E-state index in [1.54, 1.807) is 24.9 Å². The molecule has 19 heavy (non-hydrogen) atoms. The SMILES string of the molecule is COc1ccc2c(c1)N(C)C(C)C(C(=O)O)S2(=O)=O. The van der Waals surface area contributed by atoms with Gasteiger partial charge in [0, 0.05) is 13.1 Å². The molecule has 0 radical (unpaired) electrons. The highest BCUT2D eigenvalue weighted by Crippen LogP contribution is 2.38. The molecule has 0 amide bonds. The zero-order chi connectivity index (χ0) is 14.4. The van der Waals surface area contributed by atoms with Gasteiger partial charge in [-0.15, -0.1) is 0 Å². The van der Waals surface area contributed by atoms with Crippen LogP contribution in [0.3, 0.4) is 0 Å². The van der Waals surface area contributed by atoms with Crippen molar-refractivity contribution >= 4 is 21.5 Å². The van der Waals surface area contributed by atoms with Crippen molar-refractivity contribution in [2.24, 2.45) is 0 Å². The predicted molar refractivity (Wildman–Crippen MR) is 69.5 cm³/mol. The number of carboxylic acid groups (broad SMARTS) is 1. The molecule has 0 aromatic heterocycles. The van der Waals surface area contributed by atoms with Crippen LogP contribution in [0.15, 0.2) is 23.1 Å². The Morgan fingerprint density at radius 2 is 2.05 bits per heavy atom. The van der Waals surface area contributed by atoms with Crippen LogP contribution in [0.2, 0.25) is 0 Å². The Balaban J connectivity index is 2.70. The summed E-state index contributed by atoms with van der Waals surface area (Å²) >= 11 is 0. The average molecular weight is 285 g/mol. The minimum atomic E-state index is -3.89. The van der Waals surface area contributed by atoms with Crippen LogP contribution in [0.4, 0.5) is 5.69 Å². The van der Waals surface area contributed by atoms with Crippen LogP contribution in [0.25, 0.3) is 0 Å². The summed E-state index contributed by atoms with van der Waals surface area (Å²) in [7, 11) is -0.723. The molecular formula is C12H15NO5S. The number of sulfone groups is 1. The number of benzene rings is 1. The van der Waals surface area contributed by atoms with Crippen LogP contribution in [0.1, 0.15) is 6.92 Å². The van der Waals surface area contributed by atoms with Crippen LogP contribution in [0, 0.1) is 0 Å². The first-order chi connectivity index (χ1) is 8.80. The summed E-state index contributed by atoms with van der Waals surface area (Å²) in [6.45, 7) is 1.58. The highest BCUT2D eigenvalue weighted by molar-refractivity contribution is 7.93. The van der Waals surface area contributed by atoms with Crippen LogP contribution in [-0.2, 0) is 14.6 Å². The number of anilines is 1. The van der Waals surface area contributed by atoms with E-state index in [4.69, 9.17) is 9.84 Å². The fourth-order valence-corrected chi connectivity index (χ4v) is 4.29. The van der Waals surface area contributed by atoms with Gasteiger partial charge in [-0.25, -0.2) is 8.42 Å². The van der Waals surface area contributed by atoms with Crippen molar-refractivity contribution in [1.82, 2.24) is 0 Å². The molecule has 0 saturated heterocycles. The van der Waals surface area contributed by atoms with E-state index in [-0.39, 0.29) is 4.90 Å². The number of hydrogen-bond donors (Lipinski definition) is 1. The Hall–Kier alpha value is -1.76. The topological polar surface area (TPSA) is 83.9 Å². The molecule has 104 valence electrons. The smallest absolute Gasteiger partial charge is 0.324 e. The van der Waals surface area contributed by atoms with Gasteiger partial charge in [0.05, 0.1) is 23.7 Å². The molecule has 2 rings (SSSR count). The monoisotopic (exact) mass is 285 g/mol. The van der Waals surface area contributed by atoms with E-state index in [1.165, 1.54) is 19.2 Å². The first kappa shape index (κ1) is 13.7. The lowest BCUT2D eigenvalue weighted by Gasteiger charge is -2.37. The number of rotatable bonds is 2. The van der Waals surface area contributed by atoms with Gasteiger partial charge >= 0.3 is 5.97 Å². The van der Waals surface area contributed by atoms with Crippen molar-refractivity contribution in [1.29, 1.82) is 0 Å². The number of carboxylic acids is 1. The molecule has 1 aliphatic rings. The number of fused-ring (bicyclic) bond motifs is 1. The number of methoxy groups -OCH3 is 1. The van der Waals surface area contributed by atoms with Crippen LogP contribution >= 0.6 is 0 Å². The van der Waals surface area contributed by atoms with Crippen molar-refractivity contribution < 1.29 is 23.1 Å². The molecule has 0 saturated carbocycles. The summed E-state index contributed by atoms with van der Waals surface area (Å²) in [6.07, 6.45) is 0. The van der Waals surface area contributed by atoms with E-state index in [9.17, 15) is 13.2 Å². The van der Waals surface area contributed by atoms with Crippen molar-refractivity contribution in [2.45, 2.75) is 23.1 Å². The highest BCUT2D eigenvalue weighted by Gasteiger charge is 2.46. The molecule has 1 aromatic carbocycles. The van der Waals surface area contributed by atoms with Crippen LogP contribution in [-0.4, -0.2) is 44.9 Å². The maximum Gasteiger partial charge on any atom is 0.324 e. The molecule has 1 aromatic rings. The Morgan fingerprint density at radius 3 is 2.58 bits per heavy atom. The maximum absolute atomic E-state index is 12.4. The summed E-state index contributed by atoms with van der Waals surface area (Å²) in [5.41, 5.74) is 0.462. The van der Waals surface area contributed by atoms with Gasteiger partial charge in [-0.2, -0.15) is 0 Å². The molecule has 1 aliphatic heterocycles. The van der Waals surface area contributed by atoms with Gasteiger partial charge in [0.2, 0.25) is 0 Å². The standard InChI is InChI=1S/C12H15NO5S/c1-7-11(12(14)15)19(16,17)10-5-4-8(18-3)6-9(10)13(7)2/h4-7,11H,1-3H3,(H,14,15). The number of aliphatic carboxylic acids is 1. The number of ether oxygens (including phenoxy) is 1. The van der Waals surface area contributed by atoms with Gasteiger partial charge in [-0.3, -0.25) is 4.79 Å². The van der Waals surface area contributed by atoms with E-state index >= 15 is 0 Å². The Labute approximate surface area is 111 Å². The fourth-order valence-electron chi connectivity index (χ4n) is 2.30. The second-order valence-corrected chi connectivity index (χ2v) is 6.53. The second kappa shape index (κ2) is 4.41. The van der Waals surface area contributed by atoms with E-state index < -0.39 is 27.1 Å². The first-order valence-corrected chi connectivity index (χ1v) is 7.23. The van der Waals surface area contributed by atoms with Gasteiger partial charge in [-0.1, -0.05) is 0 Å². The third kappa shape index (κ3) is 1.94. The van der Waals surface area contributed by atoms with Crippen molar-refractivity contribution in [3.8, 4) is 5.75 Å². The molecule has 7 heteroatoms. The summed E-state index contributed by atoms with van der Waals surface area (Å²) in [4.78, 5) is 12.9. The lowest BCUT2D eigenvalue weighted by atomic mass is 10.1. The third-order valence-electron chi connectivity index (χ3n) is 3.48. The lowest BCUT2D eigenvalue weighted by Crippen LogP contribution is -2.51. The predicted octanol–water partition coefficient (Wildman–Crippen LogP) is 0.760. The van der Waals surface area contributed by atoms with Gasteiger partial charge in [0.25, 0.3) is 0 Å². The molecule has 2 unspecified atom stereocenters. The minimum absolute atomic E-state index is 0.0290. The highest BCUT2D eigenvalue weighted by atomic mass is 32.2. The Morgan fingerprint density at radius 1 is 1.42 bits per heavy atom. The normalized spacial score (nSPS) is 24.7. The van der Waals surface area contributed by atoms with Crippen molar-refractivity contribution in [2.75, 3.05) is 19.1 Å². The maximum atomic E-state index is 12.4. The molecule has 0 spiro atoms. The van der Waals surface area contributed by atoms with E-state index in [0.717, 1.165) is 0 Å². The number of carbonyl (C=O) groups is 1. The summed E-state index contributed by atoms with van der Waals surface area (Å²) in [5, 5.41) is 7.70. The molecule has 0 bridgehead atoms. The Bertz CT molecular complexity index is 625. The first-order valence-electron chi connectivity index (χ1n) is 5.68.